The summed E-state index contributed by atoms with van der Waals surface area (Å²) in [5.74, 6) is 1.57. The van der Waals surface area contributed by atoms with Gasteiger partial charge in [-0.2, -0.15) is 20.2 Å². The molecule has 0 unspecified atom stereocenters. The highest BCUT2D eigenvalue weighted by Crippen LogP contribution is 2.30. The van der Waals surface area contributed by atoms with E-state index in [2.05, 4.69) is 36.6 Å². The van der Waals surface area contributed by atoms with Gasteiger partial charge in [-0.15, -0.1) is 24.8 Å². The molecule has 0 atom stereocenters. The standard InChI is InChI=1S/C16H28N8.2ClH/c1-18-13-19-14(22-16(12-17)8-6-5-7-9-16)21-15(20-13)24(4)11-10-23(2)3;;/h5-11H2,1-4H3,(H2,18,19,20,21,22);2*1H. The Bertz CT molecular complexity index is 584. The summed E-state index contributed by atoms with van der Waals surface area (Å²) in [6.07, 6.45) is 4.95. The van der Waals surface area contributed by atoms with Gasteiger partial charge in [0.2, 0.25) is 17.8 Å². The maximum absolute atomic E-state index is 9.64. The van der Waals surface area contributed by atoms with E-state index in [-0.39, 0.29) is 24.8 Å². The third-order valence-electron chi connectivity index (χ3n) is 4.34. The predicted molar refractivity (Wildman–Crippen MR) is 111 cm³/mol. The van der Waals surface area contributed by atoms with Crippen LogP contribution in [0.5, 0.6) is 0 Å². The van der Waals surface area contributed by atoms with Gasteiger partial charge >= 0.3 is 0 Å². The molecule has 0 bridgehead atoms. The third-order valence-corrected chi connectivity index (χ3v) is 4.34. The van der Waals surface area contributed by atoms with Crippen molar-refractivity contribution in [3.8, 4) is 6.07 Å². The number of hydrogen-bond donors (Lipinski definition) is 2. The molecule has 1 aliphatic carbocycles. The highest BCUT2D eigenvalue weighted by atomic mass is 35.5. The Balaban J connectivity index is 0.00000312. The molecule has 2 rings (SSSR count). The van der Waals surface area contributed by atoms with Crippen molar-refractivity contribution in [2.75, 3.05) is 56.8 Å². The van der Waals surface area contributed by atoms with Crippen molar-refractivity contribution in [1.82, 2.24) is 19.9 Å². The number of likely N-dealkylation sites (N-methyl/N-ethyl adjacent to an activating group) is 2. The number of nitrogens with one attached hydrogen (secondary N) is 2. The van der Waals surface area contributed by atoms with Gasteiger partial charge in [0.25, 0.3) is 0 Å². The summed E-state index contributed by atoms with van der Waals surface area (Å²) in [6, 6.07) is 2.44. The Morgan fingerprint density at radius 1 is 1.00 bits per heavy atom. The molecule has 1 fully saturated rings. The summed E-state index contributed by atoms with van der Waals surface area (Å²) < 4.78 is 0. The molecule has 0 aliphatic heterocycles. The lowest BCUT2D eigenvalue weighted by Gasteiger charge is -2.31. The second kappa shape index (κ2) is 11.2. The molecule has 0 radical (unpaired) electrons. The van der Waals surface area contributed by atoms with E-state index in [1.54, 1.807) is 7.05 Å². The van der Waals surface area contributed by atoms with E-state index in [9.17, 15) is 5.26 Å². The zero-order valence-electron chi connectivity index (χ0n) is 15.9. The molecule has 10 heteroatoms. The van der Waals surface area contributed by atoms with Crippen molar-refractivity contribution in [3.63, 3.8) is 0 Å². The van der Waals surface area contributed by atoms with E-state index in [4.69, 9.17) is 0 Å². The Morgan fingerprint density at radius 2 is 1.62 bits per heavy atom. The normalized spacial score (nSPS) is 15.2. The van der Waals surface area contributed by atoms with Crippen molar-refractivity contribution < 1.29 is 0 Å². The summed E-state index contributed by atoms with van der Waals surface area (Å²) in [6.45, 7) is 1.71. The van der Waals surface area contributed by atoms with Crippen LogP contribution in [0.25, 0.3) is 0 Å². The van der Waals surface area contributed by atoms with Gasteiger partial charge in [-0.05, 0) is 26.9 Å². The van der Waals surface area contributed by atoms with Crippen molar-refractivity contribution in [1.29, 1.82) is 5.26 Å². The fourth-order valence-corrected chi connectivity index (χ4v) is 2.79. The molecule has 1 heterocycles. The van der Waals surface area contributed by atoms with Gasteiger partial charge < -0.3 is 20.4 Å². The first kappa shape index (κ1) is 24.4. The summed E-state index contributed by atoms with van der Waals surface area (Å²) in [5.41, 5.74) is -0.565. The minimum atomic E-state index is -0.565. The van der Waals surface area contributed by atoms with E-state index >= 15 is 0 Å². The van der Waals surface area contributed by atoms with Gasteiger partial charge in [0.1, 0.15) is 5.54 Å². The summed E-state index contributed by atoms with van der Waals surface area (Å²) >= 11 is 0. The molecule has 2 N–H and O–H groups in total. The van der Waals surface area contributed by atoms with E-state index < -0.39 is 5.54 Å². The van der Waals surface area contributed by atoms with E-state index in [1.807, 2.05) is 26.0 Å². The van der Waals surface area contributed by atoms with Crippen LogP contribution in [-0.4, -0.2) is 66.7 Å². The highest BCUT2D eigenvalue weighted by Gasteiger charge is 2.33. The first-order valence-electron chi connectivity index (χ1n) is 8.47. The molecular weight excluding hydrogens is 375 g/mol. The Morgan fingerprint density at radius 3 is 2.15 bits per heavy atom. The lowest BCUT2D eigenvalue weighted by Crippen LogP contribution is -2.39. The molecule has 0 spiro atoms. The molecule has 0 amide bonds. The van der Waals surface area contributed by atoms with Gasteiger partial charge in [0, 0.05) is 27.2 Å². The number of nitrogens with zero attached hydrogens (tertiary/aromatic N) is 6. The zero-order valence-corrected chi connectivity index (χ0v) is 17.6. The van der Waals surface area contributed by atoms with Crippen LogP contribution in [0.3, 0.4) is 0 Å². The lowest BCUT2D eigenvalue weighted by atomic mass is 9.83. The van der Waals surface area contributed by atoms with Crippen LogP contribution in [0.4, 0.5) is 17.8 Å². The minimum Gasteiger partial charge on any atom is -0.357 e. The second-order valence-corrected chi connectivity index (χ2v) is 6.64. The molecule has 1 aromatic rings. The number of rotatable bonds is 7. The SMILES string of the molecule is CNc1nc(NC2(C#N)CCCCC2)nc(N(C)CCN(C)C)n1.Cl.Cl. The molecule has 0 aromatic carbocycles. The van der Waals surface area contributed by atoms with Gasteiger partial charge in [-0.25, -0.2) is 0 Å². The van der Waals surface area contributed by atoms with Crippen LogP contribution >= 0.6 is 24.8 Å². The van der Waals surface area contributed by atoms with Gasteiger partial charge in [-0.3, -0.25) is 0 Å². The number of anilines is 3. The van der Waals surface area contributed by atoms with E-state index in [0.717, 1.165) is 38.8 Å². The second-order valence-electron chi connectivity index (χ2n) is 6.64. The Labute approximate surface area is 168 Å². The van der Waals surface area contributed by atoms with Gasteiger partial charge in [0.15, 0.2) is 0 Å². The lowest BCUT2D eigenvalue weighted by molar-refractivity contribution is 0.390. The molecule has 1 aromatic heterocycles. The number of aromatic nitrogens is 3. The van der Waals surface area contributed by atoms with Crippen LogP contribution in [0.1, 0.15) is 32.1 Å². The molecular formula is C16H30Cl2N8. The number of halogens is 2. The summed E-state index contributed by atoms with van der Waals surface area (Å²) in [5, 5.41) is 15.9. The van der Waals surface area contributed by atoms with Crippen LogP contribution in [0, 0.1) is 11.3 Å². The topological polar surface area (TPSA) is 93.0 Å². The monoisotopic (exact) mass is 404 g/mol. The first-order valence-corrected chi connectivity index (χ1v) is 8.47. The van der Waals surface area contributed by atoms with Crippen LogP contribution in [0.2, 0.25) is 0 Å². The van der Waals surface area contributed by atoms with E-state index in [1.165, 1.54) is 6.42 Å². The van der Waals surface area contributed by atoms with Crippen molar-refractivity contribution in [2.45, 2.75) is 37.6 Å². The van der Waals surface area contributed by atoms with Crippen LogP contribution in [-0.2, 0) is 0 Å². The minimum absolute atomic E-state index is 0. The van der Waals surface area contributed by atoms with Gasteiger partial charge in [-0.1, -0.05) is 19.3 Å². The maximum atomic E-state index is 9.64. The summed E-state index contributed by atoms with van der Waals surface area (Å²) in [7, 11) is 7.81. The fourth-order valence-electron chi connectivity index (χ4n) is 2.79. The first-order chi connectivity index (χ1) is 11.5. The molecule has 8 nitrogen and oxygen atoms in total. The molecule has 1 aliphatic rings. The maximum Gasteiger partial charge on any atom is 0.231 e. The molecule has 26 heavy (non-hydrogen) atoms. The van der Waals surface area contributed by atoms with Crippen LogP contribution in [0.15, 0.2) is 0 Å². The molecule has 1 saturated carbocycles. The highest BCUT2D eigenvalue weighted by molar-refractivity contribution is 5.85. The smallest absolute Gasteiger partial charge is 0.231 e. The number of nitriles is 1. The predicted octanol–water partition coefficient (Wildman–Crippen LogP) is 2.39. The quantitative estimate of drug-likeness (QED) is 0.715. The van der Waals surface area contributed by atoms with Crippen molar-refractivity contribution >= 4 is 42.7 Å². The Hall–Kier alpha value is -1.56. The van der Waals surface area contributed by atoms with Crippen molar-refractivity contribution in [2.24, 2.45) is 0 Å². The third kappa shape index (κ3) is 6.63. The van der Waals surface area contributed by atoms with Crippen molar-refractivity contribution in [3.05, 3.63) is 0 Å². The molecule has 0 saturated heterocycles. The average Bonchev–Trinajstić information content (AvgIpc) is 2.60. The average molecular weight is 405 g/mol. The zero-order chi connectivity index (χ0) is 17.6. The molecule has 148 valence electrons. The summed E-state index contributed by atoms with van der Waals surface area (Å²) in [4.78, 5) is 17.4. The largest absolute Gasteiger partial charge is 0.357 e. The Kier molecular flexibility index (Phi) is 10.5. The van der Waals surface area contributed by atoms with Crippen LogP contribution < -0.4 is 15.5 Å². The fraction of sp³-hybridized carbons (Fsp3) is 0.750. The van der Waals surface area contributed by atoms with E-state index in [0.29, 0.717) is 17.8 Å². The number of hydrogen-bond acceptors (Lipinski definition) is 8. The van der Waals surface area contributed by atoms with Gasteiger partial charge in [0.05, 0.1) is 6.07 Å².